The summed E-state index contributed by atoms with van der Waals surface area (Å²) in [5, 5.41) is 0. The zero-order valence-electron chi connectivity index (χ0n) is 8.33. The van der Waals surface area contributed by atoms with E-state index in [0.29, 0.717) is 18.0 Å². The summed E-state index contributed by atoms with van der Waals surface area (Å²) >= 11 is 4.35. The molecule has 0 aromatic heterocycles. The first-order chi connectivity index (χ1) is 5.00. The molecule has 68 valence electrons. The lowest BCUT2D eigenvalue weighted by atomic mass is 10.0. The Bertz CT molecular complexity index is 102. The van der Waals surface area contributed by atoms with Crippen LogP contribution in [0.2, 0.25) is 0 Å². The normalized spacial score (nSPS) is 15.0. The van der Waals surface area contributed by atoms with Gasteiger partial charge in [-0.15, -0.1) is 0 Å². The van der Waals surface area contributed by atoms with Gasteiger partial charge in [-0.05, 0) is 26.8 Å². The van der Waals surface area contributed by atoms with E-state index in [2.05, 4.69) is 52.3 Å². The first kappa shape index (κ1) is 11.3. The van der Waals surface area contributed by atoms with E-state index < -0.39 is 0 Å². The molecule has 0 amide bonds. The fourth-order valence-corrected chi connectivity index (χ4v) is 1.87. The maximum Gasteiger partial charge on any atom is 0.0206 e. The largest absolute Gasteiger partial charge is 0.300 e. The fraction of sp³-hybridized carbons (Fsp3) is 1.00. The van der Waals surface area contributed by atoms with E-state index in [0.717, 1.165) is 5.75 Å². The van der Waals surface area contributed by atoms with Crippen LogP contribution in [-0.2, 0) is 0 Å². The molecule has 0 bridgehead atoms. The summed E-state index contributed by atoms with van der Waals surface area (Å²) < 4.78 is 0. The maximum absolute atomic E-state index is 4.35. The van der Waals surface area contributed by atoms with Crippen LogP contribution in [0.4, 0.5) is 0 Å². The Kier molecular flexibility index (Phi) is 5.19. The molecule has 11 heavy (non-hydrogen) atoms. The van der Waals surface area contributed by atoms with Crippen molar-refractivity contribution in [3.63, 3.8) is 0 Å². The third-order valence-corrected chi connectivity index (χ3v) is 2.67. The van der Waals surface area contributed by atoms with Crippen LogP contribution < -0.4 is 0 Å². The average molecular weight is 175 g/mol. The quantitative estimate of drug-likeness (QED) is 0.642. The maximum atomic E-state index is 4.35. The Morgan fingerprint density at radius 1 is 1.18 bits per heavy atom. The van der Waals surface area contributed by atoms with E-state index in [-0.39, 0.29) is 0 Å². The van der Waals surface area contributed by atoms with E-state index in [1.807, 2.05) is 0 Å². The van der Waals surface area contributed by atoms with Crippen molar-refractivity contribution in [3.8, 4) is 0 Å². The molecular formula is C9H21NS. The van der Waals surface area contributed by atoms with Crippen molar-refractivity contribution < 1.29 is 0 Å². The van der Waals surface area contributed by atoms with Gasteiger partial charge < -0.3 is 0 Å². The van der Waals surface area contributed by atoms with Crippen LogP contribution in [0.3, 0.4) is 0 Å². The van der Waals surface area contributed by atoms with E-state index >= 15 is 0 Å². The zero-order valence-corrected chi connectivity index (χ0v) is 9.23. The van der Waals surface area contributed by atoms with Gasteiger partial charge in [-0.25, -0.2) is 0 Å². The van der Waals surface area contributed by atoms with Gasteiger partial charge in [0.15, 0.2) is 0 Å². The van der Waals surface area contributed by atoms with E-state index in [1.54, 1.807) is 0 Å². The second kappa shape index (κ2) is 5.04. The highest BCUT2D eigenvalue weighted by Crippen LogP contribution is 2.12. The van der Waals surface area contributed by atoms with Gasteiger partial charge in [0, 0.05) is 17.8 Å². The van der Waals surface area contributed by atoms with Crippen molar-refractivity contribution in [2.45, 2.75) is 39.8 Å². The van der Waals surface area contributed by atoms with Gasteiger partial charge in [0.1, 0.15) is 0 Å². The van der Waals surface area contributed by atoms with Gasteiger partial charge in [-0.2, -0.15) is 12.6 Å². The minimum absolute atomic E-state index is 0.610. The molecule has 1 nitrogen and oxygen atoms in total. The van der Waals surface area contributed by atoms with Crippen molar-refractivity contribution >= 4 is 12.6 Å². The summed E-state index contributed by atoms with van der Waals surface area (Å²) in [4.78, 5) is 2.39. The van der Waals surface area contributed by atoms with E-state index in [9.17, 15) is 0 Å². The monoisotopic (exact) mass is 175 g/mol. The lowest BCUT2D eigenvalue weighted by Crippen LogP contribution is -2.41. The number of hydrogen-bond donors (Lipinski definition) is 1. The van der Waals surface area contributed by atoms with Crippen molar-refractivity contribution in [2.75, 3.05) is 12.8 Å². The van der Waals surface area contributed by atoms with Gasteiger partial charge in [-0.1, -0.05) is 13.8 Å². The smallest absolute Gasteiger partial charge is 0.0206 e. The summed E-state index contributed by atoms with van der Waals surface area (Å²) in [5.41, 5.74) is 0. The summed E-state index contributed by atoms with van der Waals surface area (Å²) in [5.74, 6) is 1.65. The highest BCUT2D eigenvalue weighted by molar-refractivity contribution is 7.80. The molecule has 0 radical (unpaired) electrons. The Morgan fingerprint density at radius 3 is 1.73 bits per heavy atom. The number of thiol groups is 1. The van der Waals surface area contributed by atoms with Crippen molar-refractivity contribution in [3.05, 3.63) is 0 Å². The van der Waals surface area contributed by atoms with Crippen LogP contribution in [0.25, 0.3) is 0 Å². The molecule has 0 aliphatic carbocycles. The highest BCUT2D eigenvalue weighted by atomic mass is 32.1. The molecule has 0 saturated carbocycles. The molecule has 0 unspecified atom stereocenters. The highest BCUT2D eigenvalue weighted by Gasteiger charge is 2.18. The minimum atomic E-state index is 0.610. The summed E-state index contributed by atoms with van der Waals surface area (Å²) in [7, 11) is 2.17. The standard InChI is InChI=1S/C9H21NS/c1-7(2)9(6-11)10(5)8(3)4/h7-9,11H,6H2,1-5H3/t9-/m1/s1. The van der Waals surface area contributed by atoms with Gasteiger partial charge in [-0.3, -0.25) is 4.90 Å². The average Bonchev–Trinajstić information content (AvgIpc) is 1.88. The predicted molar refractivity (Wildman–Crippen MR) is 55.4 cm³/mol. The molecule has 0 aromatic carbocycles. The Morgan fingerprint density at radius 2 is 1.64 bits per heavy atom. The molecule has 1 atom stereocenters. The molecule has 0 aliphatic heterocycles. The van der Waals surface area contributed by atoms with Crippen molar-refractivity contribution in [2.24, 2.45) is 5.92 Å². The van der Waals surface area contributed by atoms with E-state index in [1.165, 1.54) is 0 Å². The first-order valence-corrected chi connectivity index (χ1v) is 4.96. The molecule has 0 saturated heterocycles. The Hall–Kier alpha value is 0.310. The van der Waals surface area contributed by atoms with Gasteiger partial charge in [0.25, 0.3) is 0 Å². The van der Waals surface area contributed by atoms with Crippen molar-refractivity contribution in [1.82, 2.24) is 4.90 Å². The molecule has 0 aromatic rings. The fourth-order valence-electron chi connectivity index (χ4n) is 1.19. The molecule has 0 heterocycles. The molecule has 0 spiro atoms. The topological polar surface area (TPSA) is 3.24 Å². The van der Waals surface area contributed by atoms with Crippen LogP contribution >= 0.6 is 12.6 Å². The summed E-state index contributed by atoms with van der Waals surface area (Å²) in [6.45, 7) is 8.94. The molecule has 0 N–H and O–H groups in total. The molecular weight excluding hydrogens is 154 g/mol. The van der Waals surface area contributed by atoms with Crippen LogP contribution in [-0.4, -0.2) is 29.8 Å². The molecule has 0 rings (SSSR count). The molecule has 0 fully saturated rings. The van der Waals surface area contributed by atoms with Gasteiger partial charge in [0.2, 0.25) is 0 Å². The second-order valence-electron chi connectivity index (χ2n) is 3.75. The summed E-state index contributed by atoms with van der Waals surface area (Å²) in [6.07, 6.45) is 0. The summed E-state index contributed by atoms with van der Waals surface area (Å²) in [6, 6.07) is 1.23. The third kappa shape index (κ3) is 3.48. The minimum Gasteiger partial charge on any atom is -0.300 e. The van der Waals surface area contributed by atoms with Crippen LogP contribution in [0, 0.1) is 5.92 Å². The SMILES string of the molecule is CC(C)[C@@H](CS)N(C)C(C)C. The third-order valence-electron chi connectivity index (χ3n) is 2.29. The lowest BCUT2D eigenvalue weighted by molar-refractivity contribution is 0.172. The number of rotatable bonds is 4. The van der Waals surface area contributed by atoms with Gasteiger partial charge >= 0.3 is 0 Å². The predicted octanol–water partition coefficient (Wildman–Crippen LogP) is 2.28. The van der Waals surface area contributed by atoms with Crippen LogP contribution in [0.15, 0.2) is 0 Å². The van der Waals surface area contributed by atoms with E-state index in [4.69, 9.17) is 0 Å². The van der Waals surface area contributed by atoms with Crippen LogP contribution in [0.5, 0.6) is 0 Å². The molecule has 0 aliphatic rings. The van der Waals surface area contributed by atoms with Crippen LogP contribution in [0.1, 0.15) is 27.7 Å². The first-order valence-electron chi connectivity index (χ1n) is 4.33. The number of hydrogen-bond acceptors (Lipinski definition) is 2. The zero-order chi connectivity index (χ0) is 9.02. The Balaban J connectivity index is 4.02. The number of nitrogens with zero attached hydrogens (tertiary/aromatic N) is 1. The second-order valence-corrected chi connectivity index (χ2v) is 4.12. The van der Waals surface area contributed by atoms with Crippen molar-refractivity contribution in [1.29, 1.82) is 0 Å². The van der Waals surface area contributed by atoms with Gasteiger partial charge in [0.05, 0.1) is 0 Å². The molecule has 2 heteroatoms. The Labute approximate surface area is 76.6 Å². The lowest BCUT2D eigenvalue weighted by Gasteiger charge is -2.33.